The molecule has 0 aliphatic carbocycles. The van der Waals surface area contributed by atoms with Crippen molar-refractivity contribution in [2.45, 2.75) is 50.7 Å². The Bertz CT molecular complexity index is 445. The summed E-state index contributed by atoms with van der Waals surface area (Å²) in [5.74, 6) is 0. The van der Waals surface area contributed by atoms with Crippen LogP contribution in [0.5, 0.6) is 0 Å². The number of aryl methyl sites for hydroxylation is 1. The average molecular weight is 293 g/mol. The van der Waals surface area contributed by atoms with Crippen molar-refractivity contribution < 1.29 is 0 Å². The van der Waals surface area contributed by atoms with E-state index in [0.29, 0.717) is 6.04 Å². The van der Waals surface area contributed by atoms with E-state index in [1.54, 1.807) is 0 Å². The van der Waals surface area contributed by atoms with E-state index in [4.69, 9.17) is 5.73 Å². The first kappa shape index (κ1) is 14.5. The van der Waals surface area contributed by atoms with Gasteiger partial charge in [-0.1, -0.05) is 6.92 Å². The number of hydrogen-bond donors (Lipinski definition) is 1. The lowest BCUT2D eigenvalue weighted by Crippen LogP contribution is -2.40. The van der Waals surface area contributed by atoms with E-state index in [1.807, 2.05) is 11.3 Å². The van der Waals surface area contributed by atoms with Crippen molar-refractivity contribution in [3.05, 3.63) is 21.9 Å². The van der Waals surface area contributed by atoms with Gasteiger partial charge in [-0.05, 0) is 44.9 Å². The van der Waals surface area contributed by atoms with E-state index in [1.165, 1.54) is 42.1 Å². The molecular weight excluding hydrogens is 266 g/mol. The van der Waals surface area contributed by atoms with Crippen molar-refractivity contribution in [1.29, 1.82) is 0 Å². The maximum Gasteiger partial charge on any atom is 0.0564 e. The van der Waals surface area contributed by atoms with E-state index in [0.717, 1.165) is 25.0 Å². The van der Waals surface area contributed by atoms with Crippen molar-refractivity contribution in [2.24, 2.45) is 5.73 Å². The van der Waals surface area contributed by atoms with Gasteiger partial charge in [0.1, 0.15) is 0 Å². The van der Waals surface area contributed by atoms with Crippen LogP contribution in [0.2, 0.25) is 0 Å². The van der Waals surface area contributed by atoms with Gasteiger partial charge in [-0.15, -0.1) is 11.3 Å². The van der Waals surface area contributed by atoms with E-state index in [2.05, 4.69) is 35.9 Å². The lowest BCUT2D eigenvalue weighted by molar-refractivity contribution is 0.177. The Morgan fingerprint density at radius 3 is 2.80 bits per heavy atom. The van der Waals surface area contributed by atoms with E-state index < -0.39 is 0 Å². The first-order chi connectivity index (χ1) is 9.72. The molecule has 0 radical (unpaired) electrons. The first-order valence-corrected chi connectivity index (χ1v) is 8.79. The minimum absolute atomic E-state index is 0.424. The molecular formula is C16H27N3S. The largest absolute Gasteiger partial charge is 0.329 e. The van der Waals surface area contributed by atoms with Crippen molar-refractivity contribution in [2.75, 3.05) is 26.7 Å². The Labute approximate surface area is 126 Å². The number of hydrogen-bond acceptors (Lipinski definition) is 4. The highest BCUT2D eigenvalue weighted by Crippen LogP contribution is 2.34. The maximum atomic E-state index is 6.12. The minimum atomic E-state index is 0.424. The molecule has 2 bridgehead atoms. The summed E-state index contributed by atoms with van der Waals surface area (Å²) in [4.78, 5) is 8.20. The van der Waals surface area contributed by atoms with Crippen LogP contribution in [-0.4, -0.2) is 48.6 Å². The van der Waals surface area contributed by atoms with Gasteiger partial charge in [0, 0.05) is 41.5 Å². The molecule has 112 valence electrons. The molecule has 3 heterocycles. The van der Waals surface area contributed by atoms with Crippen LogP contribution in [0.25, 0.3) is 0 Å². The highest BCUT2D eigenvalue weighted by Gasteiger charge is 2.36. The molecule has 2 aliphatic heterocycles. The smallest absolute Gasteiger partial charge is 0.0564 e. The molecule has 3 unspecified atom stereocenters. The third kappa shape index (κ3) is 2.67. The van der Waals surface area contributed by atoms with Gasteiger partial charge in [-0.2, -0.15) is 0 Å². The van der Waals surface area contributed by atoms with Gasteiger partial charge in [0.05, 0.1) is 6.04 Å². The quantitative estimate of drug-likeness (QED) is 0.925. The summed E-state index contributed by atoms with van der Waals surface area (Å²) in [5.41, 5.74) is 6.12. The SMILES string of the molecule is CCc1ccc(C(CN)N2CCC3CCC(C2)N3C)s1. The molecule has 0 amide bonds. The highest BCUT2D eigenvalue weighted by atomic mass is 32.1. The van der Waals surface area contributed by atoms with Crippen LogP contribution < -0.4 is 5.73 Å². The zero-order valence-electron chi connectivity index (χ0n) is 12.7. The van der Waals surface area contributed by atoms with Gasteiger partial charge in [0.15, 0.2) is 0 Å². The summed E-state index contributed by atoms with van der Waals surface area (Å²) >= 11 is 1.95. The van der Waals surface area contributed by atoms with E-state index in [-0.39, 0.29) is 0 Å². The Morgan fingerprint density at radius 1 is 1.30 bits per heavy atom. The molecule has 2 fully saturated rings. The van der Waals surface area contributed by atoms with Crippen molar-refractivity contribution in [3.63, 3.8) is 0 Å². The third-order valence-electron chi connectivity index (χ3n) is 5.20. The fraction of sp³-hybridized carbons (Fsp3) is 0.750. The second kappa shape index (κ2) is 6.14. The molecule has 3 rings (SSSR count). The molecule has 2 N–H and O–H groups in total. The number of nitrogens with two attached hydrogens (primary N) is 1. The molecule has 0 aromatic carbocycles. The first-order valence-electron chi connectivity index (χ1n) is 7.97. The Morgan fingerprint density at radius 2 is 2.10 bits per heavy atom. The van der Waals surface area contributed by atoms with Crippen molar-refractivity contribution >= 4 is 11.3 Å². The van der Waals surface area contributed by atoms with Crippen molar-refractivity contribution in [1.82, 2.24) is 9.80 Å². The average Bonchev–Trinajstić information content (AvgIpc) is 2.99. The normalized spacial score (nSPS) is 29.6. The van der Waals surface area contributed by atoms with Gasteiger partial charge in [-0.3, -0.25) is 9.80 Å². The van der Waals surface area contributed by atoms with E-state index >= 15 is 0 Å². The molecule has 4 heteroatoms. The van der Waals surface area contributed by atoms with Crippen molar-refractivity contribution in [3.8, 4) is 0 Å². The summed E-state index contributed by atoms with van der Waals surface area (Å²) in [6.45, 7) is 5.36. The lowest BCUT2D eigenvalue weighted by Gasteiger charge is -2.32. The molecule has 0 spiro atoms. The lowest BCUT2D eigenvalue weighted by atomic mass is 10.1. The highest BCUT2D eigenvalue weighted by molar-refractivity contribution is 7.12. The Hall–Kier alpha value is -0.420. The number of thiophene rings is 1. The molecule has 2 aliphatic rings. The molecule has 3 nitrogen and oxygen atoms in total. The minimum Gasteiger partial charge on any atom is -0.329 e. The number of nitrogens with zero attached hydrogens (tertiary/aromatic N) is 2. The van der Waals surface area contributed by atoms with Crippen LogP contribution in [0.1, 0.15) is 42.0 Å². The summed E-state index contributed by atoms with van der Waals surface area (Å²) in [6, 6.07) is 6.54. The summed E-state index contributed by atoms with van der Waals surface area (Å²) < 4.78 is 0. The van der Waals surface area contributed by atoms with Crippen LogP contribution >= 0.6 is 11.3 Å². The number of rotatable bonds is 4. The molecule has 0 saturated carbocycles. The monoisotopic (exact) mass is 293 g/mol. The molecule has 2 saturated heterocycles. The van der Waals surface area contributed by atoms with Gasteiger partial charge in [0.2, 0.25) is 0 Å². The fourth-order valence-electron chi connectivity index (χ4n) is 3.83. The second-order valence-corrected chi connectivity index (χ2v) is 7.44. The molecule has 3 atom stereocenters. The summed E-state index contributed by atoms with van der Waals surface area (Å²) in [5, 5.41) is 0. The van der Waals surface area contributed by atoms with Crippen LogP contribution in [0.3, 0.4) is 0 Å². The zero-order chi connectivity index (χ0) is 14.1. The maximum absolute atomic E-state index is 6.12. The molecule has 1 aromatic heterocycles. The third-order valence-corrected chi connectivity index (χ3v) is 6.53. The topological polar surface area (TPSA) is 32.5 Å². The number of likely N-dealkylation sites (tertiary alicyclic amines) is 1. The summed E-state index contributed by atoms with van der Waals surface area (Å²) in [6.07, 6.45) is 5.19. The molecule has 20 heavy (non-hydrogen) atoms. The predicted octanol–water partition coefficient (Wildman–Crippen LogP) is 2.48. The van der Waals surface area contributed by atoms with Crippen LogP contribution in [0.15, 0.2) is 12.1 Å². The van der Waals surface area contributed by atoms with Gasteiger partial charge < -0.3 is 5.73 Å². The summed E-state index contributed by atoms with van der Waals surface area (Å²) in [7, 11) is 2.31. The predicted molar refractivity (Wildman–Crippen MR) is 86.3 cm³/mol. The van der Waals surface area contributed by atoms with Gasteiger partial charge in [0.25, 0.3) is 0 Å². The van der Waals surface area contributed by atoms with Gasteiger partial charge in [-0.25, -0.2) is 0 Å². The van der Waals surface area contributed by atoms with Crippen LogP contribution in [0, 0.1) is 0 Å². The van der Waals surface area contributed by atoms with Gasteiger partial charge >= 0.3 is 0 Å². The zero-order valence-corrected chi connectivity index (χ0v) is 13.5. The number of likely N-dealkylation sites (N-methyl/N-ethyl adjacent to an activating group) is 1. The Balaban J connectivity index is 1.76. The number of fused-ring (bicyclic) bond motifs is 2. The van der Waals surface area contributed by atoms with Crippen LogP contribution in [-0.2, 0) is 6.42 Å². The second-order valence-electron chi connectivity index (χ2n) is 6.24. The van der Waals surface area contributed by atoms with Crippen LogP contribution in [0.4, 0.5) is 0 Å². The fourth-order valence-corrected chi connectivity index (χ4v) is 4.93. The molecule has 1 aromatic rings. The Kier molecular flexibility index (Phi) is 4.46. The van der Waals surface area contributed by atoms with E-state index in [9.17, 15) is 0 Å². The standard InChI is InChI=1S/C16H27N3S/c1-3-14-6-7-16(20-14)15(10-17)19-9-8-12-4-5-13(11-19)18(12)2/h6-7,12-13,15H,3-5,8-11,17H2,1-2H3.